The fourth-order valence-electron chi connectivity index (χ4n) is 3.53. The fourth-order valence-corrected chi connectivity index (χ4v) is 4.89. The maximum absolute atomic E-state index is 12.5. The summed E-state index contributed by atoms with van der Waals surface area (Å²) in [6.07, 6.45) is 1.47. The molecule has 2 aromatic carbocycles. The highest BCUT2D eigenvalue weighted by molar-refractivity contribution is 7.90. The third kappa shape index (κ3) is 3.77. The molecule has 1 fully saturated rings. The van der Waals surface area contributed by atoms with E-state index in [4.69, 9.17) is 16.3 Å². The zero-order valence-corrected chi connectivity index (χ0v) is 16.6. The number of likely N-dealkylation sites (tertiary alicyclic amines) is 1. The van der Waals surface area contributed by atoms with E-state index in [0.717, 1.165) is 12.0 Å². The van der Waals surface area contributed by atoms with Crippen molar-refractivity contribution in [3.63, 3.8) is 0 Å². The molecule has 2 aromatic rings. The van der Waals surface area contributed by atoms with Gasteiger partial charge in [0, 0.05) is 23.7 Å². The van der Waals surface area contributed by atoms with Crippen LogP contribution in [0, 0.1) is 5.92 Å². The van der Waals surface area contributed by atoms with Gasteiger partial charge in [-0.05, 0) is 42.7 Å². The van der Waals surface area contributed by atoms with E-state index in [1.807, 2.05) is 17.0 Å². The summed E-state index contributed by atoms with van der Waals surface area (Å²) in [4.78, 5) is 14.6. The normalized spacial score (nSPS) is 20.4. The van der Waals surface area contributed by atoms with Crippen LogP contribution in [0.2, 0.25) is 5.02 Å². The van der Waals surface area contributed by atoms with Gasteiger partial charge in [0.15, 0.2) is 5.84 Å². The van der Waals surface area contributed by atoms with Crippen molar-refractivity contribution in [2.24, 2.45) is 10.3 Å². The number of hydrogen-bond donors (Lipinski definition) is 0. The minimum Gasteiger partial charge on any atom is -0.461 e. The summed E-state index contributed by atoms with van der Waals surface area (Å²) in [5.74, 6) is -0.181. The predicted molar refractivity (Wildman–Crippen MR) is 106 cm³/mol. The molecule has 6 nitrogen and oxygen atoms in total. The molecule has 8 heteroatoms. The van der Waals surface area contributed by atoms with E-state index in [9.17, 15) is 13.2 Å². The molecule has 0 unspecified atom stereocenters. The molecule has 2 heterocycles. The number of sulfonamides is 1. The highest BCUT2D eigenvalue weighted by Crippen LogP contribution is 2.30. The number of carbonyl (C=O) groups excluding carboxylic acids is 1. The number of piperidine rings is 1. The Bertz CT molecular complexity index is 1030. The molecule has 0 amide bonds. The lowest BCUT2D eigenvalue weighted by Crippen LogP contribution is -2.42. The first-order valence-corrected chi connectivity index (χ1v) is 10.9. The lowest BCUT2D eigenvalue weighted by molar-refractivity contribution is -0.151. The van der Waals surface area contributed by atoms with Crippen molar-refractivity contribution in [3.8, 4) is 0 Å². The van der Waals surface area contributed by atoms with Gasteiger partial charge in [-0.2, -0.15) is 8.42 Å². The Morgan fingerprint density at radius 1 is 1.18 bits per heavy atom. The van der Waals surface area contributed by atoms with Crippen LogP contribution in [-0.2, 0) is 26.2 Å². The van der Waals surface area contributed by atoms with Crippen LogP contribution in [0.25, 0.3) is 0 Å². The van der Waals surface area contributed by atoms with Gasteiger partial charge in [-0.3, -0.25) is 4.79 Å². The van der Waals surface area contributed by atoms with E-state index >= 15 is 0 Å². The third-order valence-electron chi connectivity index (χ3n) is 4.96. The number of amidine groups is 1. The fraction of sp³-hybridized carbons (Fsp3) is 0.300. The van der Waals surface area contributed by atoms with Crippen LogP contribution in [0.1, 0.15) is 24.0 Å². The van der Waals surface area contributed by atoms with Crippen molar-refractivity contribution >= 4 is 33.4 Å². The molecule has 0 spiro atoms. The Kier molecular flexibility index (Phi) is 5.12. The van der Waals surface area contributed by atoms with Gasteiger partial charge in [0.2, 0.25) is 0 Å². The average molecular weight is 419 g/mol. The van der Waals surface area contributed by atoms with Crippen molar-refractivity contribution in [2.75, 3.05) is 13.1 Å². The Balaban J connectivity index is 1.45. The Labute approximate surface area is 168 Å². The van der Waals surface area contributed by atoms with E-state index in [0.29, 0.717) is 35.9 Å². The largest absolute Gasteiger partial charge is 0.461 e. The van der Waals surface area contributed by atoms with E-state index in [2.05, 4.69) is 4.40 Å². The third-order valence-corrected chi connectivity index (χ3v) is 6.54. The monoisotopic (exact) mass is 418 g/mol. The Morgan fingerprint density at radius 3 is 2.71 bits per heavy atom. The van der Waals surface area contributed by atoms with Crippen molar-refractivity contribution in [3.05, 3.63) is 64.7 Å². The summed E-state index contributed by atoms with van der Waals surface area (Å²) >= 11 is 5.86. The second kappa shape index (κ2) is 7.56. The van der Waals surface area contributed by atoms with Crippen LogP contribution >= 0.6 is 11.6 Å². The minimum atomic E-state index is -3.67. The number of carbonyl (C=O) groups is 1. The van der Waals surface area contributed by atoms with Crippen LogP contribution < -0.4 is 0 Å². The topological polar surface area (TPSA) is 76.0 Å². The molecule has 1 atom stereocenters. The highest BCUT2D eigenvalue weighted by atomic mass is 35.5. The smallest absolute Gasteiger partial charge is 0.311 e. The summed E-state index contributed by atoms with van der Waals surface area (Å²) < 4.78 is 34.0. The van der Waals surface area contributed by atoms with Crippen molar-refractivity contribution in [2.45, 2.75) is 24.3 Å². The number of nitrogens with zero attached hydrogens (tertiary/aromatic N) is 2. The summed E-state index contributed by atoms with van der Waals surface area (Å²) in [6, 6.07) is 13.9. The molecule has 0 aromatic heterocycles. The maximum Gasteiger partial charge on any atom is 0.311 e. The van der Waals surface area contributed by atoms with E-state index < -0.39 is 10.0 Å². The van der Waals surface area contributed by atoms with Gasteiger partial charge >= 0.3 is 5.97 Å². The second-order valence-corrected chi connectivity index (χ2v) is 8.91. The molecule has 0 bridgehead atoms. The number of esters is 1. The van der Waals surface area contributed by atoms with E-state index in [1.165, 1.54) is 0 Å². The Hall–Kier alpha value is -2.38. The van der Waals surface area contributed by atoms with Gasteiger partial charge in [0.05, 0.1) is 5.92 Å². The number of fused-ring (bicyclic) bond motifs is 1. The van der Waals surface area contributed by atoms with Crippen LogP contribution in [0.15, 0.2) is 57.8 Å². The Morgan fingerprint density at radius 2 is 1.93 bits per heavy atom. The standard InChI is InChI=1S/C20H19ClN2O4S/c21-16-9-7-14(8-10-16)13-27-20(24)15-4-3-11-23(12-15)19-17-5-1-2-6-18(17)28(25,26)22-19/h1-2,5-10,15H,3-4,11-13H2/t15-/m1/s1. The molecule has 0 aliphatic carbocycles. The van der Waals surface area contributed by atoms with Gasteiger partial charge in [-0.15, -0.1) is 4.40 Å². The van der Waals surface area contributed by atoms with Crippen LogP contribution in [0.3, 0.4) is 0 Å². The van der Waals surface area contributed by atoms with Crippen LogP contribution in [0.4, 0.5) is 0 Å². The molecule has 4 rings (SSSR count). The molecular weight excluding hydrogens is 400 g/mol. The first kappa shape index (κ1) is 19.0. The highest BCUT2D eigenvalue weighted by Gasteiger charge is 2.35. The quantitative estimate of drug-likeness (QED) is 0.715. The molecule has 146 valence electrons. The van der Waals surface area contributed by atoms with Gasteiger partial charge in [-0.1, -0.05) is 35.9 Å². The number of halogens is 1. The summed E-state index contributed by atoms with van der Waals surface area (Å²) in [5.41, 5.74) is 1.46. The summed E-state index contributed by atoms with van der Waals surface area (Å²) in [7, 11) is -3.67. The number of rotatable bonds is 3. The van der Waals surface area contributed by atoms with Gasteiger partial charge in [-0.25, -0.2) is 0 Å². The molecule has 1 saturated heterocycles. The molecule has 0 saturated carbocycles. The average Bonchev–Trinajstić information content (AvgIpc) is 2.99. The second-order valence-electron chi connectivity index (χ2n) is 6.91. The molecule has 0 N–H and O–H groups in total. The number of hydrogen-bond acceptors (Lipinski definition) is 5. The van der Waals surface area contributed by atoms with Gasteiger partial charge < -0.3 is 9.64 Å². The van der Waals surface area contributed by atoms with E-state index in [1.54, 1.807) is 36.4 Å². The molecular formula is C20H19ClN2O4S. The first-order chi connectivity index (χ1) is 13.4. The van der Waals surface area contributed by atoms with Crippen molar-refractivity contribution in [1.29, 1.82) is 0 Å². The number of benzene rings is 2. The summed E-state index contributed by atoms with van der Waals surface area (Å²) in [5, 5.41) is 0.630. The van der Waals surface area contributed by atoms with Crippen molar-refractivity contribution < 1.29 is 17.9 Å². The zero-order chi connectivity index (χ0) is 19.7. The molecule has 2 aliphatic rings. The first-order valence-electron chi connectivity index (χ1n) is 9.04. The minimum absolute atomic E-state index is 0.185. The lowest BCUT2D eigenvalue weighted by Gasteiger charge is -2.32. The summed E-state index contributed by atoms with van der Waals surface area (Å²) in [6.45, 7) is 1.23. The van der Waals surface area contributed by atoms with Crippen LogP contribution in [0.5, 0.6) is 0 Å². The number of ether oxygens (including phenoxy) is 1. The predicted octanol–water partition coefficient (Wildman–Crippen LogP) is 3.24. The molecule has 28 heavy (non-hydrogen) atoms. The van der Waals surface area contributed by atoms with Gasteiger partial charge in [0.25, 0.3) is 10.0 Å². The van der Waals surface area contributed by atoms with Crippen LogP contribution in [-0.4, -0.2) is 38.2 Å². The molecule has 0 radical (unpaired) electrons. The van der Waals surface area contributed by atoms with Gasteiger partial charge in [0.1, 0.15) is 11.5 Å². The molecule has 2 aliphatic heterocycles. The SMILES string of the molecule is O=C(OCc1ccc(Cl)cc1)[C@@H]1CCCN(C2=NS(=O)(=O)c3ccccc32)C1. The lowest BCUT2D eigenvalue weighted by atomic mass is 9.97. The maximum atomic E-state index is 12.5. The van der Waals surface area contributed by atoms with Crippen molar-refractivity contribution in [1.82, 2.24) is 4.90 Å². The zero-order valence-electron chi connectivity index (χ0n) is 15.0. The van der Waals surface area contributed by atoms with E-state index in [-0.39, 0.29) is 23.4 Å².